The summed E-state index contributed by atoms with van der Waals surface area (Å²) < 4.78 is 11.8. The van der Waals surface area contributed by atoms with Crippen LogP contribution in [-0.2, 0) is 10.2 Å². The molecule has 0 aliphatic carbocycles. The van der Waals surface area contributed by atoms with Gasteiger partial charge in [0.15, 0.2) is 5.58 Å². The quantitative estimate of drug-likeness (QED) is 0.293. The molecule has 0 saturated carbocycles. The summed E-state index contributed by atoms with van der Waals surface area (Å²) in [5.74, 6) is 0.430. The fraction of sp³-hybridized carbons (Fsp3) is 0.333. The van der Waals surface area contributed by atoms with Crippen LogP contribution >= 0.6 is 0 Å². The number of nitrogens with zero attached hydrogens (tertiary/aromatic N) is 1. The largest absolute Gasteiger partial charge is 1.00 e. The van der Waals surface area contributed by atoms with E-state index in [1.807, 2.05) is 36.4 Å². The van der Waals surface area contributed by atoms with Gasteiger partial charge >= 0.3 is 51.4 Å². The van der Waals surface area contributed by atoms with Gasteiger partial charge in [-0.05, 0) is 83.8 Å². The van der Waals surface area contributed by atoms with Crippen molar-refractivity contribution in [3.05, 3.63) is 60.2 Å². The van der Waals surface area contributed by atoms with Crippen LogP contribution < -0.4 is 61.2 Å². The summed E-state index contributed by atoms with van der Waals surface area (Å²) in [6.45, 7) is 7.13. The number of carbonyl (C=O) groups excluding carboxylic acids is 1. The number of benzene rings is 3. The first kappa shape index (κ1) is 25.9. The van der Waals surface area contributed by atoms with E-state index in [0.29, 0.717) is 18.9 Å². The molecule has 0 N–H and O–H groups in total. The van der Waals surface area contributed by atoms with E-state index < -0.39 is 5.97 Å². The standard InChI is InChI=1S/C27H29NO4.K/c1-27(2,3)21-11-13-24-23(17-21)28-26(32-24)20-9-8-19-16-22(12-10-18(19)15-20)31-14-6-4-5-7-25(29)30;/h8-13,15-17H,4-7,14H2,1-3H3,(H,29,30);/q;+1/p-1. The maximum Gasteiger partial charge on any atom is 1.00 e. The van der Waals surface area contributed by atoms with Gasteiger partial charge < -0.3 is 19.1 Å². The number of ether oxygens (including phenoxy) is 1. The van der Waals surface area contributed by atoms with Crippen LogP contribution in [0, 0.1) is 0 Å². The van der Waals surface area contributed by atoms with Crippen LogP contribution in [0.15, 0.2) is 59.0 Å². The van der Waals surface area contributed by atoms with Crippen LogP contribution in [0.4, 0.5) is 0 Å². The second kappa shape index (κ2) is 11.1. The van der Waals surface area contributed by atoms with E-state index in [4.69, 9.17) is 14.1 Å². The van der Waals surface area contributed by atoms with E-state index >= 15 is 0 Å². The van der Waals surface area contributed by atoms with E-state index in [1.54, 1.807) is 0 Å². The fourth-order valence-corrected chi connectivity index (χ4v) is 3.70. The smallest absolute Gasteiger partial charge is 0.550 e. The molecule has 0 saturated heterocycles. The molecule has 1 aromatic heterocycles. The van der Waals surface area contributed by atoms with Crippen LogP contribution in [0.3, 0.4) is 0 Å². The minimum absolute atomic E-state index is 0. The minimum Gasteiger partial charge on any atom is -0.550 e. The average molecular weight is 470 g/mol. The summed E-state index contributed by atoms with van der Waals surface area (Å²) in [4.78, 5) is 15.2. The van der Waals surface area contributed by atoms with Crippen molar-refractivity contribution in [3.63, 3.8) is 0 Å². The van der Waals surface area contributed by atoms with Gasteiger partial charge in [-0.2, -0.15) is 0 Å². The van der Waals surface area contributed by atoms with Crippen molar-refractivity contribution >= 4 is 27.8 Å². The predicted octanol–water partition coefficient (Wildman–Crippen LogP) is 2.64. The van der Waals surface area contributed by atoms with Crippen molar-refractivity contribution < 1.29 is 70.4 Å². The number of carboxylic acids is 1. The third kappa shape index (κ3) is 6.67. The van der Waals surface area contributed by atoms with E-state index in [-0.39, 0.29) is 63.2 Å². The van der Waals surface area contributed by atoms with Crippen LogP contribution in [0.25, 0.3) is 33.3 Å². The first-order chi connectivity index (χ1) is 15.3. The Morgan fingerprint density at radius 3 is 2.48 bits per heavy atom. The van der Waals surface area contributed by atoms with Gasteiger partial charge in [0, 0.05) is 11.5 Å². The van der Waals surface area contributed by atoms with E-state index in [1.165, 1.54) is 5.56 Å². The maximum absolute atomic E-state index is 10.4. The molecule has 0 unspecified atom stereocenters. The summed E-state index contributed by atoms with van der Waals surface area (Å²) in [6, 6.07) is 18.3. The summed E-state index contributed by atoms with van der Waals surface area (Å²) in [7, 11) is 0. The molecule has 3 aromatic carbocycles. The van der Waals surface area contributed by atoms with Crippen LogP contribution in [-0.4, -0.2) is 17.6 Å². The number of oxazole rings is 1. The predicted molar refractivity (Wildman–Crippen MR) is 125 cm³/mol. The first-order valence-electron chi connectivity index (χ1n) is 11.1. The molecule has 0 amide bonds. The zero-order valence-corrected chi connectivity index (χ0v) is 22.9. The molecule has 33 heavy (non-hydrogen) atoms. The molecule has 4 rings (SSSR count). The molecule has 0 radical (unpaired) electrons. The normalized spacial score (nSPS) is 11.5. The van der Waals surface area contributed by atoms with Gasteiger partial charge in [0.05, 0.1) is 6.61 Å². The number of hydrogen-bond acceptors (Lipinski definition) is 5. The van der Waals surface area contributed by atoms with E-state index in [9.17, 15) is 9.90 Å². The van der Waals surface area contributed by atoms with Crippen LogP contribution in [0.5, 0.6) is 5.75 Å². The van der Waals surface area contributed by atoms with Crippen molar-refractivity contribution in [2.75, 3.05) is 6.61 Å². The van der Waals surface area contributed by atoms with Gasteiger partial charge in [0.25, 0.3) is 0 Å². The second-order valence-corrected chi connectivity index (χ2v) is 9.21. The monoisotopic (exact) mass is 469 g/mol. The number of aromatic nitrogens is 1. The van der Waals surface area contributed by atoms with Gasteiger partial charge in [-0.15, -0.1) is 0 Å². The summed E-state index contributed by atoms with van der Waals surface area (Å²) in [6.07, 6.45) is 2.36. The minimum atomic E-state index is -0.993. The third-order valence-electron chi connectivity index (χ3n) is 5.61. The van der Waals surface area contributed by atoms with Crippen molar-refractivity contribution in [2.24, 2.45) is 0 Å². The Kier molecular flexibility index (Phi) is 8.75. The number of unbranched alkanes of at least 4 members (excludes halogenated alkanes) is 2. The van der Waals surface area contributed by atoms with Crippen LogP contribution in [0.2, 0.25) is 0 Å². The number of fused-ring (bicyclic) bond motifs is 2. The van der Waals surface area contributed by atoms with Crippen molar-refractivity contribution in [1.29, 1.82) is 0 Å². The topological polar surface area (TPSA) is 75.4 Å². The fourth-order valence-electron chi connectivity index (χ4n) is 3.70. The summed E-state index contributed by atoms with van der Waals surface area (Å²) >= 11 is 0. The molecular formula is C27H28KNO4. The van der Waals surface area contributed by atoms with Crippen molar-refractivity contribution in [3.8, 4) is 17.2 Å². The molecule has 0 bridgehead atoms. The third-order valence-corrected chi connectivity index (χ3v) is 5.61. The number of aliphatic carboxylic acids is 1. The molecule has 0 atom stereocenters. The van der Waals surface area contributed by atoms with Gasteiger partial charge in [0.2, 0.25) is 5.89 Å². The number of rotatable bonds is 8. The van der Waals surface area contributed by atoms with Gasteiger partial charge in [-0.25, -0.2) is 4.98 Å². The maximum atomic E-state index is 10.4. The Morgan fingerprint density at radius 2 is 1.73 bits per heavy atom. The molecule has 6 heteroatoms. The average Bonchev–Trinajstić information content (AvgIpc) is 3.18. The molecule has 1 heterocycles. The molecule has 0 spiro atoms. The Balaban J connectivity index is 0.00000306. The van der Waals surface area contributed by atoms with Crippen LogP contribution in [0.1, 0.15) is 52.0 Å². The van der Waals surface area contributed by atoms with Gasteiger partial charge in [0.1, 0.15) is 11.3 Å². The molecular weight excluding hydrogens is 441 g/mol. The molecule has 5 nitrogen and oxygen atoms in total. The van der Waals surface area contributed by atoms with E-state index in [0.717, 1.165) is 46.0 Å². The second-order valence-electron chi connectivity index (χ2n) is 9.21. The number of carbonyl (C=O) groups is 1. The number of carboxylic acid groups (broad SMARTS) is 1. The molecule has 166 valence electrons. The summed E-state index contributed by atoms with van der Waals surface area (Å²) in [5, 5.41) is 12.6. The van der Waals surface area contributed by atoms with Gasteiger partial charge in [-0.1, -0.05) is 39.0 Å². The molecule has 0 fully saturated rings. The molecule has 0 aliphatic rings. The SMILES string of the molecule is CC(C)(C)c1ccc2oc(-c3ccc4cc(OCCCCCC(=O)[O-])ccc4c3)nc2c1.[K+]. The molecule has 0 aliphatic heterocycles. The zero-order chi connectivity index (χ0) is 22.7. The van der Waals surface area contributed by atoms with Crippen molar-refractivity contribution in [2.45, 2.75) is 51.9 Å². The Bertz CT molecular complexity index is 1260. The first-order valence-corrected chi connectivity index (χ1v) is 11.1. The molecule has 4 aromatic rings. The summed E-state index contributed by atoms with van der Waals surface area (Å²) in [5.41, 5.74) is 3.89. The number of hydrogen-bond donors (Lipinski definition) is 0. The Morgan fingerprint density at radius 1 is 0.970 bits per heavy atom. The Labute approximate surface area is 237 Å². The van der Waals surface area contributed by atoms with E-state index in [2.05, 4.69) is 39.0 Å². The zero-order valence-electron chi connectivity index (χ0n) is 19.8. The van der Waals surface area contributed by atoms with Gasteiger partial charge in [-0.3, -0.25) is 0 Å². The van der Waals surface area contributed by atoms with Crippen molar-refractivity contribution in [1.82, 2.24) is 4.98 Å². The Hall–Kier alpha value is -1.70.